The lowest BCUT2D eigenvalue weighted by Gasteiger charge is -2.06. The Hall–Kier alpha value is -3.46. The second-order valence-corrected chi connectivity index (χ2v) is 6.62. The van der Waals surface area contributed by atoms with Crippen molar-refractivity contribution in [3.05, 3.63) is 70.2 Å². The molecular formula is C18H14FN3O4S. The van der Waals surface area contributed by atoms with Crippen molar-refractivity contribution in [2.24, 2.45) is 5.73 Å². The average molecular weight is 387 g/mol. The molecule has 7 nitrogen and oxygen atoms in total. The molecule has 3 aromatic rings. The summed E-state index contributed by atoms with van der Waals surface area (Å²) in [6, 6.07) is 8.30. The number of hydrogen-bond acceptors (Lipinski definition) is 5. The van der Waals surface area contributed by atoms with Crippen LogP contribution in [0, 0.1) is 12.7 Å². The molecule has 0 aliphatic rings. The maximum atomic E-state index is 13.5. The van der Waals surface area contributed by atoms with Crippen molar-refractivity contribution in [3.8, 4) is 0 Å². The van der Waals surface area contributed by atoms with Crippen LogP contribution in [0.5, 0.6) is 0 Å². The van der Waals surface area contributed by atoms with Gasteiger partial charge in [-0.1, -0.05) is 0 Å². The van der Waals surface area contributed by atoms with Crippen molar-refractivity contribution in [1.29, 1.82) is 0 Å². The van der Waals surface area contributed by atoms with Gasteiger partial charge in [0.2, 0.25) is 0 Å². The van der Waals surface area contributed by atoms with Gasteiger partial charge in [0.05, 0.1) is 21.7 Å². The number of nitrogens with one attached hydrogen (secondary N) is 2. The van der Waals surface area contributed by atoms with Gasteiger partial charge in [-0.2, -0.15) is 0 Å². The molecular weight excluding hydrogens is 373 g/mol. The van der Waals surface area contributed by atoms with Gasteiger partial charge in [0.25, 0.3) is 17.7 Å². The summed E-state index contributed by atoms with van der Waals surface area (Å²) >= 11 is 1.07. The Bertz CT molecular complexity index is 1030. The first-order chi connectivity index (χ1) is 12.8. The molecule has 0 radical (unpaired) electrons. The zero-order chi connectivity index (χ0) is 19.6. The summed E-state index contributed by atoms with van der Waals surface area (Å²) in [5.41, 5.74) is 5.65. The fourth-order valence-corrected chi connectivity index (χ4v) is 3.29. The van der Waals surface area contributed by atoms with Gasteiger partial charge in [0.15, 0.2) is 5.76 Å². The van der Waals surface area contributed by atoms with Crippen molar-refractivity contribution >= 4 is 39.7 Å². The van der Waals surface area contributed by atoms with Crippen LogP contribution in [0.1, 0.15) is 36.1 Å². The zero-order valence-corrected chi connectivity index (χ0v) is 14.9. The number of amides is 3. The van der Waals surface area contributed by atoms with E-state index in [9.17, 15) is 18.8 Å². The van der Waals surface area contributed by atoms with E-state index < -0.39 is 23.5 Å². The lowest BCUT2D eigenvalue weighted by Crippen LogP contribution is -2.15. The zero-order valence-electron chi connectivity index (χ0n) is 14.0. The summed E-state index contributed by atoms with van der Waals surface area (Å²) in [7, 11) is 0. The van der Waals surface area contributed by atoms with Crippen molar-refractivity contribution in [3.63, 3.8) is 0 Å². The van der Waals surface area contributed by atoms with E-state index in [0.717, 1.165) is 23.5 Å². The molecule has 0 bridgehead atoms. The van der Waals surface area contributed by atoms with E-state index in [4.69, 9.17) is 10.2 Å². The molecule has 3 rings (SSSR count). The number of furan rings is 1. The van der Waals surface area contributed by atoms with Crippen LogP contribution in [0.3, 0.4) is 0 Å². The van der Waals surface area contributed by atoms with Gasteiger partial charge >= 0.3 is 0 Å². The van der Waals surface area contributed by atoms with Crippen molar-refractivity contribution < 1.29 is 23.2 Å². The van der Waals surface area contributed by atoms with Crippen LogP contribution in [-0.2, 0) is 0 Å². The Balaban J connectivity index is 1.76. The molecule has 138 valence electrons. The third kappa shape index (κ3) is 4.04. The van der Waals surface area contributed by atoms with Gasteiger partial charge in [-0.15, -0.1) is 11.3 Å². The van der Waals surface area contributed by atoms with E-state index in [1.54, 1.807) is 19.1 Å². The molecule has 27 heavy (non-hydrogen) atoms. The molecule has 1 aromatic carbocycles. The second kappa shape index (κ2) is 7.42. The van der Waals surface area contributed by atoms with Crippen molar-refractivity contribution in [2.45, 2.75) is 6.92 Å². The molecule has 2 heterocycles. The topological polar surface area (TPSA) is 114 Å². The van der Waals surface area contributed by atoms with Crippen molar-refractivity contribution in [2.75, 3.05) is 10.6 Å². The van der Waals surface area contributed by atoms with Gasteiger partial charge in [-0.05, 0) is 48.9 Å². The number of thiophene rings is 1. The molecule has 0 atom stereocenters. The first-order valence-corrected chi connectivity index (χ1v) is 8.53. The van der Waals surface area contributed by atoms with Gasteiger partial charge < -0.3 is 20.8 Å². The minimum absolute atomic E-state index is 0.150. The number of carbonyl (C=O) groups is 3. The summed E-state index contributed by atoms with van der Waals surface area (Å²) in [4.78, 5) is 36.1. The number of nitrogens with two attached hydrogens (primary N) is 1. The SMILES string of the molecule is Cc1cc(NC(=O)c2ccco2)sc1C(=O)Nc1ccc(F)c(C(N)=O)c1. The highest BCUT2D eigenvalue weighted by atomic mass is 32.1. The third-order valence-electron chi connectivity index (χ3n) is 3.60. The van der Waals surface area contributed by atoms with E-state index in [-0.39, 0.29) is 17.0 Å². The molecule has 0 fully saturated rings. The summed E-state index contributed by atoms with van der Waals surface area (Å²) in [6.07, 6.45) is 1.39. The first-order valence-electron chi connectivity index (χ1n) is 7.71. The summed E-state index contributed by atoms with van der Waals surface area (Å²) in [6.45, 7) is 1.72. The molecule has 0 aliphatic heterocycles. The lowest BCUT2D eigenvalue weighted by atomic mass is 10.1. The number of anilines is 2. The van der Waals surface area contributed by atoms with Gasteiger partial charge in [0.1, 0.15) is 5.82 Å². The molecule has 4 N–H and O–H groups in total. The number of hydrogen-bond donors (Lipinski definition) is 3. The van der Waals surface area contributed by atoms with Gasteiger partial charge in [-0.25, -0.2) is 4.39 Å². The molecule has 9 heteroatoms. The molecule has 2 aromatic heterocycles. The fraction of sp³-hybridized carbons (Fsp3) is 0.0556. The maximum absolute atomic E-state index is 13.5. The Morgan fingerprint density at radius 2 is 1.89 bits per heavy atom. The predicted molar refractivity (Wildman–Crippen MR) is 98.6 cm³/mol. The highest BCUT2D eigenvalue weighted by Gasteiger charge is 2.17. The third-order valence-corrected chi connectivity index (χ3v) is 4.75. The molecule has 0 saturated carbocycles. The monoisotopic (exact) mass is 387 g/mol. The standard InChI is InChI=1S/C18H14FN3O4S/c1-9-7-14(22-17(24)13-3-2-6-26-13)27-15(9)18(25)21-10-4-5-12(19)11(8-10)16(20)23/h2-8H,1H3,(H2,20,23)(H,21,25)(H,22,24). The smallest absolute Gasteiger partial charge is 0.291 e. The highest BCUT2D eigenvalue weighted by Crippen LogP contribution is 2.28. The van der Waals surface area contributed by atoms with Gasteiger partial charge in [0, 0.05) is 5.69 Å². The maximum Gasteiger partial charge on any atom is 0.291 e. The summed E-state index contributed by atoms with van der Waals surface area (Å²) in [5, 5.41) is 5.70. The average Bonchev–Trinajstić information content (AvgIpc) is 3.26. The van der Waals surface area contributed by atoms with Crippen LogP contribution in [0.2, 0.25) is 0 Å². The molecule has 0 aliphatic carbocycles. The number of aryl methyl sites for hydroxylation is 1. The number of benzene rings is 1. The first kappa shape index (κ1) is 18.3. The molecule has 3 amide bonds. The Kier molecular flexibility index (Phi) is 5.04. The highest BCUT2D eigenvalue weighted by molar-refractivity contribution is 7.18. The minimum Gasteiger partial charge on any atom is -0.459 e. The minimum atomic E-state index is -0.932. The van der Waals surface area contributed by atoms with E-state index in [1.807, 2.05) is 0 Å². The number of carbonyl (C=O) groups excluding carboxylic acids is 3. The summed E-state index contributed by atoms with van der Waals surface area (Å²) < 4.78 is 18.5. The summed E-state index contributed by atoms with van der Waals surface area (Å²) in [5.74, 6) is -2.44. The normalized spacial score (nSPS) is 10.4. The quantitative estimate of drug-likeness (QED) is 0.622. The van der Waals surface area contributed by atoms with E-state index in [2.05, 4.69) is 10.6 Å². The van der Waals surface area contributed by atoms with E-state index in [0.29, 0.717) is 15.4 Å². The Morgan fingerprint density at radius 1 is 1.11 bits per heavy atom. The van der Waals surface area contributed by atoms with Crippen LogP contribution < -0.4 is 16.4 Å². The second-order valence-electron chi connectivity index (χ2n) is 5.57. The van der Waals surface area contributed by atoms with Crippen LogP contribution in [-0.4, -0.2) is 17.7 Å². The molecule has 0 saturated heterocycles. The number of halogens is 1. The van der Waals surface area contributed by atoms with Gasteiger partial charge in [-0.3, -0.25) is 14.4 Å². The number of primary amides is 1. The van der Waals surface area contributed by atoms with Crippen LogP contribution in [0.15, 0.2) is 47.1 Å². The lowest BCUT2D eigenvalue weighted by molar-refractivity contribution is 0.0988. The molecule has 0 unspecified atom stereocenters. The van der Waals surface area contributed by atoms with Crippen molar-refractivity contribution in [1.82, 2.24) is 0 Å². The largest absolute Gasteiger partial charge is 0.459 e. The molecule has 0 spiro atoms. The van der Waals surface area contributed by atoms with Crippen LogP contribution in [0.4, 0.5) is 15.1 Å². The Labute approximate surface area is 157 Å². The van der Waals surface area contributed by atoms with Crippen LogP contribution in [0.25, 0.3) is 0 Å². The fourth-order valence-electron chi connectivity index (χ4n) is 2.33. The predicted octanol–water partition coefficient (Wildman–Crippen LogP) is 3.39. The van der Waals surface area contributed by atoms with E-state index in [1.165, 1.54) is 18.4 Å². The number of rotatable bonds is 5. The van der Waals surface area contributed by atoms with E-state index >= 15 is 0 Å². The van der Waals surface area contributed by atoms with Crippen LogP contribution >= 0.6 is 11.3 Å². The Morgan fingerprint density at radius 3 is 2.56 bits per heavy atom.